The van der Waals surface area contributed by atoms with Gasteiger partial charge in [-0.15, -0.1) is 0 Å². The van der Waals surface area contributed by atoms with E-state index in [4.69, 9.17) is 5.73 Å². The molecule has 1 heterocycles. The lowest BCUT2D eigenvalue weighted by molar-refractivity contribution is 0.626. The van der Waals surface area contributed by atoms with Gasteiger partial charge in [0, 0.05) is 18.5 Å². The van der Waals surface area contributed by atoms with Crippen molar-refractivity contribution in [1.82, 2.24) is 9.97 Å². The van der Waals surface area contributed by atoms with Crippen LogP contribution in [-0.2, 0) is 6.42 Å². The number of nitrogens with one attached hydrogen (secondary N) is 1. The fourth-order valence-electron chi connectivity index (χ4n) is 1.98. The number of aryl methyl sites for hydroxylation is 1. The van der Waals surface area contributed by atoms with Gasteiger partial charge in [-0.3, -0.25) is 0 Å². The molecule has 1 atom stereocenters. The molecule has 0 saturated heterocycles. The fraction of sp³-hybridized carbons (Fsp3) is 0.333. The lowest BCUT2D eigenvalue weighted by Gasteiger charge is -2.15. The van der Waals surface area contributed by atoms with E-state index in [0.717, 1.165) is 24.2 Å². The van der Waals surface area contributed by atoms with Crippen LogP contribution in [-0.4, -0.2) is 9.97 Å². The third-order valence-corrected chi connectivity index (χ3v) is 3.00. The Bertz CT molecular complexity index is 569. The van der Waals surface area contributed by atoms with E-state index in [1.807, 2.05) is 6.92 Å². The zero-order valence-corrected chi connectivity index (χ0v) is 11.7. The predicted molar refractivity (Wildman–Crippen MR) is 78.9 cm³/mol. The van der Waals surface area contributed by atoms with Gasteiger partial charge < -0.3 is 11.1 Å². The van der Waals surface area contributed by atoms with Crippen LogP contribution in [0.3, 0.4) is 0 Å². The van der Waals surface area contributed by atoms with Crippen LogP contribution in [0.2, 0.25) is 0 Å². The van der Waals surface area contributed by atoms with Crippen molar-refractivity contribution in [3.8, 4) is 0 Å². The lowest BCUT2D eigenvalue weighted by Crippen LogP contribution is -2.10. The number of benzene rings is 1. The van der Waals surface area contributed by atoms with E-state index in [9.17, 15) is 4.39 Å². The maximum absolute atomic E-state index is 12.9. The Labute approximate surface area is 118 Å². The first kappa shape index (κ1) is 14.2. The minimum Gasteiger partial charge on any atom is -0.384 e. The van der Waals surface area contributed by atoms with Crippen LogP contribution in [0.5, 0.6) is 0 Å². The van der Waals surface area contributed by atoms with E-state index in [1.165, 1.54) is 12.1 Å². The van der Waals surface area contributed by atoms with Crippen LogP contribution in [0.25, 0.3) is 0 Å². The molecule has 0 aliphatic heterocycles. The Morgan fingerprint density at radius 1 is 1.25 bits per heavy atom. The molecule has 1 aromatic carbocycles. The highest BCUT2D eigenvalue weighted by atomic mass is 19.1. The minimum absolute atomic E-state index is 0.0133. The number of aromatic nitrogens is 2. The summed E-state index contributed by atoms with van der Waals surface area (Å²) < 4.78 is 12.9. The van der Waals surface area contributed by atoms with E-state index < -0.39 is 0 Å². The molecule has 3 N–H and O–H groups in total. The van der Waals surface area contributed by atoms with E-state index in [2.05, 4.69) is 22.2 Å². The highest BCUT2D eigenvalue weighted by Crippen LogP contribution is 2.19. The maximum Gasteiger partial charge on any atom is 0.133 e. The Kier molecular flexibility index (Phi) is 4.50. The van der Waals surface area contributed by atoms with Crippen LogP contribution in [0, 0.1) is 5.82 Å². The molecule has 2 rings (SSSR count). The first-order valence-corrected chi connectivity index (χ1v) is 6.74. The normalized spacial score (nSPS) is 12.2. The van der Waals surface area contributed by atoms with E-state index in [0.29, 0.717) is 11.6 Å². The number of hydrogen-bond donors (Lipinski definition) is 2. The molecule has 0 radical (unpaired) electrons. The van der Waals surface area contributed by atoms with Gasteiger partial charge in [-0.2, -0.15) is 0 Å². The van der Waals surface area contributed by atoms with Crippen LogP contribution in [0.15, 0.2) is 30.3 Å². The summed E-state index contributed by atoms with van der Waals surface area (Å²) in [4.78, 5) is 8.62. The molecule has 5 heteroatoms. The van der Waals surface area contributed by atoms with E-state index in [-0.39, 0.29) is 11.9 Å². The molecule has 0 aliphatic carbocycles. The number of anilines is 2. The third-order valence-electron chi connectivity index (χ3n) is 3.00. The van der Waals surface area contributed by atoms with Crippen molar-refractivity contribution in [3.05, 3.63) is 47.5 Å². The number of nitrogens with two attached hydrogens (primary N) is 1. The summed E-state index contributed by atoms with van der Waals surface area (Å²) in [5, 5.41) is 3.26. The molecule has 0 spiro atoms. The molecule has 4 nitrogen and oxygen atoms in total. The Morgan fingerprint density at radius 3 is 2.60 bits per heavy atom. The maximum atomic E-state index is 12.9. The molecule has 106 valence electrons. The summed E-state index contributed by atoms with van der Waals surface area (Å²) in [5.74, 6) is 1.65. The van der Waals surface area contributed by atoms with Gasteiger partial charge in [0.1, 0.15) is 23.3 Å². The molecule has 0 fully saturated rings. The van der Waals surface area contributed by atoms with Crippen molar-refractivity contribution in [3.63, 3.8) is 0 Å². The van der Waals surface area contributed by atoms with Crippen LogP contribution in [0.4, 0.5) is 16.0 Å². The second kappa shape index (κ2) is 6.32. The number of halogens is 1. The molecule has 0 aliphatic rings. The molecule has 0 saturated carbocycles. The fourth-order valence-corrected chi connectivity index (χ4v) is 1.98. The molecule has 1 aromatic heterocycles. The van der Waals surface area contributed by atoms with Crippen LogP contribution < -0.4 is 11.1 Å². The van der Waals surface area contributed by atoms with Gasteiger partial charge >= 0.3 is 0 Å². The summed E-state index contributed by atoms with van der Waals surface area (Å²) in [6.45, 7) is 4.06. The zero-order chi connectivity index (χ0) is 14.5. The average Bonchev–Trinajstić information content (AvgIpc) is 2.39. The van der Waals surface area contributed by atoms with Gasteiger partial charge in [-0.05, 0) is 31.0 Å². The first-order valence-electron chi connectivity index (χ1n) is 6.74. The summed E-state index contributed by atoms with van der Waals surface area (Å²) >= 11 is 0. The minimum atomic E-state index is -0.238. The van der Waals surface area contributed by atoms with Crippen molar-refractivity contribution in [2.24, 2.45) is 0 Å². The number of hydrogen-bond acceptors (Lipinski definition) is 4. The highest BCUT2D eigenvalue weighted by Gasteiger charge is 2.08. The first-order chi connectivity index (χ1) is 9.58. The van der Waals surface area contributed by atoms with Gasteiger partial charge in [0.05, 0.1) is 0 Å². The predicted octanol–water partition coefficient (Wildman–Crippen LogP) is 3.32. The number of rotatable bonds is 5. The average molecular weight is 274 g/mol. The van der Waals surface area contributed by atoms with E-state index in [1.54, 1.807) is 18.2 Å². The quantitative estimate of drug-likeness (QED) is 0.878. The molecule has 0 bridgehead atoms. The SMILES string of the molecule is CCCc1nc(N)cc(NC(C)c2ccc(F)cc2)n1. The zero-order valence-electron chi connectivity index (χ0n) is 11.7. The Morgan fingerprint density at radius 2 is 1.95 bits per heavy atom. The number of nitrogen functional groups attached to an aromatic ring is 1. The standard InChI is InChI=1S/C15H19FN4/c1-3-4-14-19-13(17)9-15(20-14)18-10(2)11-5-7-12(16)8-6-11/h5-10H,3-4H2,1-2H3,(H3,17,18,19,20). The Hall–Kier alpha value is -2.17. The van der Waals surface area contributed by atoms with Gasteiger partial charge in [-0.25, -0.2) is 14.4 Å². The summed E-state index contributed by atoms with van der Waals surface area (Å²) in [5.41, 5.74) is 6.77. The Balaban J connectivity index is 2.14. The molecule has 0 amide bonds. The van der Waals surface area contributed by atoms with E-state index >= 15 is 0 Å². The topological polar surface area (TPSA) is 63.8 Å². The summed E-state index contributed by atoms with van der Waals surface area (Å²) in [6.07, 6.45) is 1.76. The van der Waals surface area contributed by atoms with Crippen molar-refractivity contribution >= 4 is 11.6 Å². The van der Waals surface area contributed by atoms with Crippen LogP contribution in [0.1, 0.15) is 37.7 Å². The number of nitrogens with zero attached hydrogens (tertiary/aromatic N) is 2. The lowest BCUT2D eigenvalue weighted by atomic mass is 10.1. The second-order valence-electron chi connectivity index (χ2n) is 4.76. The van der Waals surface area contributed by atoms with Gasteiger partial charge in [-0.1, -0.05) is 19.1 Å². The van der Waals surface area contributed by atoms with Crippen LogP contribution >= 0.6 is 0 Å². The van der Waals surface area contributed by atoms with Crippen molar-refractivity contribution in [1.29, 1.82) is 0 Å². The summed E-state index contributed by atoms with van der Waals surface area (Å²) in [7, 11) is 0. The molecule has 20 heavy (non-hydrogen) atoms. The smallest absolute Gasteiger partial charge is 0.133 e. The van der Waals surface area contributed by atoms with Crippen molar-refractivity contribution in [2.45, 2.75) is 32.7 Å². The van der Waals surface area contributed by atoms with Gasteiger partial charge in [0.15, 0.2) is 0 Å². The molecule has 2 aromatic rings. The molecule has 1 unspecified atom stereocenters. The highest BCUT2D eigenvalue weighted by molar-refractivity contribution is 5.46. The summed E-state index contributed by atoms with van der Waals surface area (Å²) in [6, 6.07) is 8.13. The molecular weight excluding hydrogens is 255 g/mol. The van der Waals surface area contributed by atoms with Gasteiger partial charge in [0.25, 0.3) is 0 Å². The van der Waals surface area contributed by atoms with Crippen molar-refractivity contribution < 1.29 is 4.39 Å². The largest absolute Gasteiger partial charge is 0.384 e. The second-order valence-corrected chi connectivity index (χ2v) is 4.76. The molecular formula is C15H19FN4. The van der Waals surface area contributed by atoms with Gasteiger partial charge in [0.2, 0.25) is 0 Å². The third kappa shape index (κ3) is 3.66. The van der Waals surface area contributed by atoms with Crippen molar-refractivity contribution in [2.75, 3.05) is 11.1 Å². The monoisotopic (exact) mass is 274 g/mol.